The largest absolute Gasteiger partial charge is 0.310 e. The van der Waals surface area contributed by atoms with E-state index < -0.39 is 0 Å². The van der Waals surface area contributed by atoms with Gasteiger partial charge < -0.3 is 10.2 Å². The van der Waals surface area contributed by atoms with Gasteiger partial charge in [0.1, 0.15) is 5.82 Å². The molecule has 1 unspecified atom stereocenters. The molecule has 1 saturated heterocycles. The molecule has 1 N–H and O–H groups in total. The Labute approximate surface area is 109 Å². The highest BCUT2D eigenvalue weighted by atomic mass is 19.1. The average molecular weight is 250 g/mol. The van der Waals surface area contributed by atoms with Crippen molar-refractivity contribution < 1.29 is 4.39 Å². The van der Waals surface area contributed by atoms with Crippen LogP contribution in [0.5, 0.6) is 0 Å². The van der Waals surface area contributed by atoms with E-state index in [9.17, 15) is 4.39 Å². The van der Waals surface area contributed by atoms with Crippen molar-refractivity contribution in [3.8, 4) is 0 Å². The van der Waals surface area contributed by atoms with Gasteiger partial charge in [-0.05, 0) is 56.6 Å². The third-order valence-electron chi connectivity index (χ3n) is 3.78. The van der Waals surface area contributed by atoms with Crippen LogP contribution in [0.15, 0.2) is 24.3 Å². The van der Waals surface area contributed by atoms with Gasteiger partial charge in [-0.3, -0.25) is 0 Å². The molecule has 2 nitrogen and oxygen atoms in total. The van der Waals surface area contributed by atoms with E-state index >= 15 is 0 Å². The van der Waals surface area contributed by atoms with Gasteiger partial charge in [0.25, 0.3) is 0 Å². The van der Waals surface area contributed by atoms with Crippen LogP contribution in [-0.2, 0) is 6.54 Å². The maximum Gasteiger partial charge on any atom is 0.123 e. The molecule has 1 atom stereocenters. The standard InChI is InChI=1S/C15H23FN2/c1-2-18-10-3-4-15(9-11-18)17-12-13-5-7-14(16)8-6-13/h5-8,15,17H,2-4,9-12H2,1H3. The van der Waals surface area contributed by atoms with Crippen molar-refractivity contribution in [3.05, 3.63) is 35.6 Å². The van der Waals surface area contributed by atoms with Gasteiger partial charge in [0, 0.05) is 12.6 Å². The van der Waals surface area contributed by atoms with Gasteiger partial charge >= 0.3 is 0 Å². The molecule has 0 spiro atoms. The second kappa shape index (κ2) is 6.86. The molecule has 1 aromatic carbocycles. The summed E-state index contributed by atoms with van der Waals surface area (Å²) < 4.78 is 12.8. The SMILES string of the molecule is CCN1CCCC(NCc2ccc(F)cc2)CC1. The summed E-state index contributed by atoms with van der Waals surface area (Å²) >= 11 is 0. The van der Waals surface area contributed by atoms with Crippen LogP contribution in [0.1, 0.15) is 31.7 Å². The molecule has 1 fully saturated rings. The quantitative estimate of drug-likeness (QED) is 0.884. The molecule has 1 aliphatic heterocycles. The monoisotopic (exact) mass is 250 g/mol. The van der Waals surface area contributed by atoms with Crippen LogP contribution in [0.3, 0.4) is 0 Å². The first-order valence-electron chi connectivity index (χ1n) is 6.98. The summed E-state index contributed by atoms with van der Waals surface area (Å²) in [6, 6.07) is 7.38. The summed E-state index contributed by atoms with van der Waals surface area (Å²) in [4.78, 5) is 2.51. The zero-order valence-electron chi connectivity index (χ0n) is 11.2. The Morgan fingerprint density at radius 1 is 1.22 bits per heavy atom. The molecule has 2 rings (SSSR count). The predicted molar refractivity (Wildman–Crippen MR) is 73.0 cm³/mol. The molecule has 18 heavy (non-hydrogen) atoms. The second-order valence-corrected chi connectivity index (χ2v) is 5.07. The van der Waals surface area contributed by atoms with E-state index in [4.69, 9.17) is 0 Å². The number of hydrogen-bond acceptors (Lipinski definition) is 2. The molecule has 0 aliphatic carbocycles. The molecule has 0 aromatic heterocycles. The lowest BCUT2D eigenvalue weighted by atomic mass is 10.1. The Balaban J connectivity index is 1.77. The summed E-state index contributed by atoms with van der Waals surface area (Å²) in [5, 5.41) is 3.59. The van der Waals surface area contributed by atoms with Crippen LogP contribution in [0.4, 0.5) is 4.39 Å². The molecular weight excluding hydrogens is 227 g/mol. The summed E-state index contributed by atoms with van der Waals surface area (Å²) in [5.74, 6) is -0.160. The Morgan fingerprint density at radius 2 is 2.00 bits per heavy atom. The van der Waals surface area contributed by atoms with Crippen molar-refractivity contribution in [1.82, 2.24) is 10.2 Å². The topological polar surface area (TPSA) is 15.3 Å². The number of nitrogens with one attached hydrogen (secondary N) is 1. The van der Waals surface area contributed by atoms with Crippen LogP contribution in [0.2, 0.25) is 0 Å². The lowest BCUT2D eigenvalue weighted by Crippen LogP contribution is -2.30. The number of benzene rings is 1. The minimum absolute atomic E-state index is 0.160. The van der Waals surface area contributed by atoms with E-state index in [1.165, 1.54) is 44.5 Å². The van der Waals surface area contributed by atoms with Crippen molar-refractivity contribution in [2.75, 3.05) is 19.6 Å². The fourth-order valence-corrected chi connectivity index (χ4v) is 2.54. The first-order chi connectivity index (χ1) is 8.78. The van der Waals surface area contributed by atoms with Crippen molar-refractivity contribution in [2.45, 2.75) is 38.8 Å². The fourth-order valence-electron chi connectivity index (χ4n) is 2.54. The van der Waals surface area contributed by atoms with E-state index in [0.29, 0.717) is 6.04 Å². The molecule has 1 heterocycles. The summed E-state index contributed by atoms with van der Waals surface area (Å²) in [7, 11) is 0. The molecular formula is C15H23FN2. The number of nitrogens with zero attached hydrogens (tertiary/aromatic N) is 1. The number of rotatable bonds is 4. The van der Waals surface area contributed by atoms with Crippen molar-refractivity contribution in [1.29, 1.82) is 0 Å². The molecule has 0 bridgehead atoms. The van der Waals surface area contributed by atoms with Crippen molar-refractivity contribution in [2.24, 2.45) is 0 Å². The van der Waals surface area contributed by atoms with E-state index in [1.807, 2.05) is 12.1 Å². The van der Waals surface area contributed by atoms with Crippen LogP contribution < -0.4 is 5.32 Å². The Bertz CT molecular complexity index is 350. The maximum absolute atomic E-state index is 12.8. The minimum Gasteiger partial charge on any atom is -0.310 e. The van der Waals surface area contributed by atoms with Gasteiger partial charge in [0.05, 0.1) is 0 Å². The summed E-state index contributed by atoms with van der Waals surface area (Å²) in [5.41, 5.74) is 1.16. The Kier molecular flexibility index (Phi) is 5.14. The number of likely N-dealkylation sites (tertiary alicyclic amines) is 1. The van der Waals surface area contributed by atoms with Crippen LogP contribution in [0, 0.1) is 5.82 Å². The molecule has 0 radical (unpaired) electrons. The highest BCUT2D eigenvalue weighted by Gasteiger charge is 2.15. The highest BCUT2D eigenvalue weighted by molar-refractivity contribution is 5.15. The van der Waals surface area contributed by atoms with E-state index in [-0.39, 0.29) is 5.82 Å². The highest BCUT2D eigenvalue weighted by Crippen LogP contribution is 2.12. The van der Waals surface area contributed by atoms with Gasteiger partial charge in [-0.15, -0.1) is 0 Å². The summed E-state index contributed by atoms with van der Waals surface area (Å²) in [6.07, 6.45) is 3.74. The zero-order chi connectivity index (χ0) is 12.8. The van der Waals surface area contributed by atoms with Gasteiger partial charge in [-0.25, -0.2) is 4.39 Å². The fraction of sp³-hybridized carbons (Fsp3) is 0.600. The Morgan fingerprint density at radius 3 is 2.72 bits per heavy atom. The normalized spacial score (nSPS) is 21.8. The van der Waals surface area contributed by atoms with Crippen molar-refractivity contribution >= 4 is 0 Å². The first kappa shape index (κ1) is 13.5. The zero-order valence-corrected chi connectivity index (χ0v) is 11.2. The lowest BCUT2D eigenvalue weighted by molar-refractivity contribution is 0.297. The number of halogens is 1. The van der Waals surface area contributed by atoms with Crippen LogP contribution in [-0.4, -0.2) is 30.6 Å². The molecule has 1 aliphatic rings. The third-order valence-corrected chi connectivity index (χ3v) is 3.78. The smallest absolute Gasteiger partial charge is 0.123 e. The van der Waals surface area contributed by atoms with Crippen LogP contribution in [0.25, 0.3) is 0 Å². The molecule has 0 saturated carbocycles. The second-order valence-electron chi connectivity index (χ2n) is 5.07. The molecule has 3 heteroatoms. The molecule has 100 valence electrons. The first-order valence-corrected chi connectivity index (χ1v) is 6.98. The van der Waals surface area contributed by atoms with E-state index in [1.54, 1.807) is 0 Å². The van der Waals surface area contributed by atoms with Gasteiger partial charge in [-0.1, -0.05) is 19.1 Å². The van der Waals surface area contributed by atoms with E-state index in [2.05, 4.69) is 17.1 Å². The summed E-state index contributed by atoms with van der Waals surface area (Å²) in [6.45, 7) is 6.65. The lowest BCUT2D eigenvalue weighted by Gasteiger charge is -2.18. The van der Waals surface area contributed by atoms with E-state index in [0.717, 1.165) is 18.7 Å². The maximum atomic E-state index is 12.8. The average Bonchev–Trinajstić information content (AvgIpc) is 2.63. The minimum atomic E-state index is -0.160. The van der Waals surface area contributed by atoms with Gasteiger partial charge in [0.2, 0.25) is 0 Å². The van der Waals surface area contributed by atoms with Gasteiger partial charge in [0.15, 0.2) is 0 Å². The molecule has 0 amide bonds. The van der Waals surface area contributed by atoms with Crippen molar-refractivity contribution in [3.63, 3.8) is 0 Å². The third kappa shape index (κ3) is 4.07. The predicted octanol–water partition coefficient (Wildman–Crippen LogP) is 2.79. The Hall–Kier alpha value is -0.930. The van der Waals surface area contributed by atoms with Gasteiger partial charge in [-0.2, -0.15) is 0 Å². The van der Waals surface area contributed by atoms with Crippen LogP contribution >= 0.6 is 0 Å². The number of hydrogen-bond donors (Lipinski definition) is 1. The molecule has 1 aromatic rings.